The van der Waals surface area contributed by atoms with Gasteiger partial charge in [0, 0.05) is 25.4 Å². The fraction of sp³-hybridized carbons (Fsp3) is 0.455. The number of nitrogens with one attached hydrogen (secondary N) is 1. The Hall–Kier alpha value is -2.64. The predicted molar refractivity (Wildman–Crippen MR) is 115 cm³/mol. The molecule has 0 heterocycles. The molecule has 7 heteroatoms. The van der Waals surface area contributed by atoms with Crippen molar-refractivity contribution < 1.29 is 9.63 Å². The Labute approximate surface area is 172 Å². The fourth-order valence-electron chi connectivity index (χ4n) is 3.65. The molecule has 0 spiro atoms. The lowest BCUT2D eigenvalue weighted by Crippen LogP contribution is -2.49. The average Bonchev–Trinajstić information content (AvgIpc) is 3.16. The third-order valence-electron chi connectivity index (χ3n) is 5.64. The summed E-state index contributed by atoms with van der Waals surface area (Å²) in [7, 11) is 3.21. The zero-order chi connectivity index (χ0) is 21.0. The number of carbonyl (C=O) groups is 1. The standard InChI is InChI=1S/C22H31N5O2/c1-15-7-5-10-21(24-22(28)26(3)27(4)23)20(15)14-29-25-16(2)18-12-11-17-8-6-9-19(17)13-18/h10-13H,5-9,14,23H2,1-4H3,(H,24,28)/b25-16-. The van der Waals surface area contributed by atoms with Gasteiger partial charge in [0.15, 0.2) is 0 Å². The Morgan fingerprint density at radius 2 is 2.00 bits per heavy atom. The summed E-state index contributed by atoms with van der Waals surface area (Å²) in [6.07, 6.45) is 7.39. The molecule has 0 bridgehead atoms. The molecule has 0 saturated carbocycles. The van der Waals surface area contributed by atoms with E-state index in [4.69, 9.17) is 10.7 Å². The van der Waals surface area contributed by atoms with Crippen LogP contribution < -0.4 is 11.2 Å². The highest BCUT2D eigenvalue weighted by molar-refractivity contribution is 5.98. The number of fused-ring (bicyclic) bond motifs is 1. The fourth-order valence-corrected chi connectivity index (χ4v) is 3.65. The third kappa shape index (κ3) is 5.05. The van der Waals surface area contributed by atoms with Crippen molar-refractivity contribution in [1.82, 2.24) is 15.4 Å². The van der Waals surface area contributed by atoms with Gasteiger partial charge in [0.25, 0.3) is 0 Å². The molecule has 2 aliphatic rings. The Morgan fingerprint density at radius 3 is 2.76 bits per heavy atom. The number of hydrogen-bond donors (Lipinski definition) is 2. The van der Waals surface area contributed by atoms with Crippen LogP contribution in [0.3, 0.4) is 0 Å². The van der Waals surface area contributed by atoms with E-state index in [0.717, 1.165) is 41.8 Å². The minimum absolute atomic E-state index is 0.300. The molecule has 0 atom stereocenters. The number of benzene rings is 1. The van der Waals surface area contributed by atoms with Gasteiger partial charge < -0.3 is 10.2 Å². The van der Waals surface area contributed by atoms with Crippen LogP contribution in [0.25, 0.3) is 0 Å². The highest BCUT2D eigenvalue weighted by atomic mass is 16.6. The van der Waals surface area contributed by atoms with E-state index in [1.807, 2.05) is 13.0 Å². The summed E-state index contributed by atoms with van der Waals surface area (Å²) in [6, 6.07) is 6.24. The van der Waals surface area contributed by atoms with Crippen molar-refractivity contribution in [3.8, 4) is 0 Å². The molecule has 2 amide bonds. The summed E-state index contributed by atoms with van der Waals surface area (Å²) < 4.78 is 0. The van der Waals surface area contributed by atoms with E-state index in [1.165, 1.54) is 39.7 Å². The normalized spacial score (nSPS) is 16.6. The lowest BCUT2D eigenvalue weighted by Gasteiger charge is -2.26. The number of nitrogens with two attached hydrogens (primary N) is 1. The van der Waals surface area contributed by atoms with Gasteiger partial charge in [-0.1, -0.05) is 28.9 Å². The lowest BCUT2D eigenvalue weighted by atomic mass is 9.96. The molecule has 156 valence electrons. The maximum Gasteiger partial charge on any atom is 0.337 e. The predicted octanol–water partition coefficient (Wildman–Crippen LogP) is 3.27. The van der Waals surface area contributed by atoms with Crippen molar-refractivity contribution in [2.24, 2.45) is 11.0 Å². The van der Waals surface area contributed by atoms with Gasteiger partial charge in [0.2, 0.25) is 0 Å². The second kappa shape index (κ2) is 9.24. The summed E-state index contributed by atoms with van der Waals surface area (Å²) in [5.41, 5.74) is 7.73. The molecule has 2 aliphatic carbocycles. The largest absolute Gasteiger partial charge is 0.391 e. The van der Waals surface area contributed by atoms with Crippen LogP contribution in [0, 0.1) is 0 Å². The smallest absolute Gasteiger partial charge is 0.337 e. The minimum Gasteiger partial charge on any atom is -0.391 e. The number of amides is 2. The van der Waals surface area contributed by atoms with Gasteiger partial charge in [-0.3, -0.25) is 5.84 Å². The van der Waals surface area contributed by atoms with Crippen molar-refractivity contribution in [2.45, 2.75) is 46.0 Å². The third-order valence-corrected chi connectivity index (χ3v) is 5.64. The maximum atomic E-state index is 12.3. The molecule has 0 fully saturated rings. The summed E-state index contributed by atoms with van der Waals surface area (Å²) >= 11 is 0. The van der Waals surface area contributed by atoms with E-state index in [-0.39, 0.29) is 6.03 Å². The molecule has 1 aromatic rings. The molecule has 3 N–H and O–H groups in total. The quantitative estimate of drug-likeness (QED) is 0.438. The first-order valence-electron chi connectivity index (χ1n) is 10.1. The van der Waals surface area contributed by atoms with Crippen LogP contribution in [0.4, 0.5) is 4.79 Å². The van der Waals surface area contributed by atoms with Gasteiger partial charge in [-0.25, -0.2) is 9.80 Å². The van der Waals surface area contributed by atoms with Crippen LogP contribution in [0.15, 0.2) is 46.3 Å². The van der Waals surface area contributed by atoms with E-state index in [0.29, 0.717) is 6.61 Å². The van der Waals surface area contributed by atoms with Gasteiger partial charge in [-0.15, -0.1) is 0 Å². The summed E-state index contributed by atoms with van der Waals surface area (Å²) in [5.74, 6) is 5.63. The van der Waals surface area contributed by atoms with Crippen molar-refractivity contribution in [3.05, 3.63) is 57.8 Å². The van der Waals surface area contributed by atoms with Gasteiger partial charge in [-0.2, -0.15) is 5.12 Å². The van der Waals surface area contributed by atoms with E-state index in [2.05, 4.69) is 35.6 Å². The molecule has 0 unspecified atom stereocenters. The number of rotatable bonds is 6. The SMILES string of the molecule is CC1=C(CO/N=C(/C)c2ccc3c(c2)CCC3)C(NC(=O)N(C)N(C)N)=CCC1. The molecule has 7 nitrogen and oxygen atoms in total. The molecular weight excluding hydrogens is 366 g/mol. The second-order valence-corrected chi connectivity index (χ2v) is 7.73. The molecule has 3 rings (SSSR count). The van der Waals surface area contributed by atoms with Crippen molar-refractivity contribution in [3.63, 3.8) is 0 Å². The van der Waals surface area contributed by atoms with Gasteiger partial charge in [-0.05, 0) is 68.7 Å². The number of hydrazine groups is 2. The Balaban J connectivity index is 1.65. The van der Waals surface area contributed by atoms with E-state index >= 15 is 0 Å². The van der Waals surface area contributed by atoms with Crippen LogP contribution in [-0.4, -0.2) is 42.6 Å². The summed E-state index contributed by atoms with van der Waals surface area (Å²) in [6.45, 7) is 4.33. The number of allylic oxidation sites excluding steroid dienone is 2. The van der Waals surface area contributed by atoms with Crippen LogP contribution in [0.2, 0.25) is 0 Å². The van der Waals surface area contributed by atoms with E-state index in [9.17, 15) is 4.79 Å². The number of aryl methyl sites for hydroxylation is 2. The highest BCUT2D eigenvalue weighted by Gasteiger charge is 2.19. The lowest BCUT2D eigenvalue weighted by molar-refractivity contribution is 0.0638. The van der Waals surface area contributed by atoms with Crippen LogP contribution >= 0.6 is 0 Å². The first kappa shape index (κ1) is 21.1. The van der Waals surface area contributed by atoms with E-state index < -0.39 is 0 Å². The summed E-state index contributed by atoms with van der Waals surface area (Å²) in [4.78, 5) is 18.0. The zero-order valence-corrected chi connectivity index (χ0v) is 17.8. The van der Waals surface area contributed by atoms with Crippen LogP contribution in [0.5, 0.6) is 0 Å². The van der Waals surface area contributed by atoms with Crippen LogP contribution in [-0.2, 0) is 17.7 Å². The number of nitrogens with zero attached hydrogens (tertiary/aromatic N) is 3. The molecule has 1 aromatic carbocycles. The Kier molecular flexibility index (Phi) is 6.71. The van der Waals surface area contributed by atoms with Crippen molar-refractivity contribution in [2.75, 3.05) is 20.7 Å². The molecule has 0 aromatic heterocycles. The first-order chi connectivity index (χ1) is 13.9. The van der Waals surface area contributed by atoms with Crippen LogP contribution in [0.1, 0.15) is 49.8 Å². The average molecular weight is 398 g/mol. The molecular formula is C22H31N5O2. The number of oxime groups is 1. The topological polar surface area (TPSA) is 83.2 Å². The first-order valence-corrected chi connectivity index (χ1v) is 10.1. The Bertz CT molecular complexity index is 870. The van der Waals surface area contributed by atoms with Gasteiger partial charge in [0.05, 0.1) is 5.71 Å². The number of carbonyl (C=O) groups excluding carboxylic acids is 1. The number of urea groups is 1. The molecule has 0 aliphatic heterocycles. The summed E-state index contributed by atoms with van der Waals surface area (Å²) in [5, 5.41) is 9.78. The minimum atomic E-state index is -0.300. The molecule has 29 heavy (non-hydrogen) atoms. The van der Waals surface area contributed by atoms with Crippen molar-refractivity contribution >= 4 is 11.7 Å². The number of hydrogen-bond acceptors (Lipinski definition) is 5. The van der Waals surface area contributed by atoms with Crippen molar-refractivity contribution in [1.29, 1.82) is 0 Å². The molecule has 0 radical (unpaired) electrons. The van der Waals surface area contributed by atoms with E-state index in [1.54, 1.807) is 14.1 Å². The Morgan fingerprint density at radius 1 is 1.24 bits per heavy atom. The second-order valence-electron chi connectivity index (χ2n) is 7.73. The van der Waals surface area contributed by atoms with Gasteiger partial charge >= 0.3 is 6.03 Å². The maximum absolute atomic E-state index is 12.3. The molecule has 0 saturated heterocycles. The monoisotopic (exact) mass is 397 g/mol. The van der Waals surface area contributed by atoms with Gasteiger partial charge in [0.1, 0.15) is 6.61 Å². The zero-order valence-electron chi connectivity index (χ0n) is 17.8. The highest BCUT2D eigenvalue weighted by Crippen LogP contribution is 2.25.